The van der Waals surface area contributed by atoms with E-state index in [1.165, 1.54) is 23.3 Å². The van der Waals surface area contributed by atoms with Gasteiger partial charge in [-0.05, 0) is 43.4 Å². The van der Waals surface area contributed by atoms with Gasteiger partial charge in [-0.3, -0.25) is 14.9 Å². The van der Waals surface area contributed by atoms with Crippen LogP contribution in [0.15, 0.2) is 42.5 Å². The monoisotopic (exact) mass is 353 g/mol. The van der Waals surface area contributed by atoms with E-state index < -0.39 is 4.92 Å². The van der Waals surface area contributed by atoms with Crippen LogP contribution in [0.3, 0.4) is 0 Å². The topological polar surface area (TPSA) is 75.5 Å². The Morgan fingerprint density at radius 3 is 2.62 bits per heavy atom. The Morgan fingerprint density at radius 2 is 1.92 bits per heavy atom. The minimum Gasteiger partial charge on any atom is -0.371 e. The maximum Gasteiger partial charge on any atom is 0.270 e. The predicted octanol–water partition coefficient (Wildman–Crippen LogP) is 3.48. The summed E-state index contributed by atoms with van der Waals surface area (Å²) in [6.45, 7) is 4.29. The second kappa shape index (κ2) is 7.99. The number of nitro benzene ring substituents is 1. The van der Waals surface area contributed by atoms with Crippen molar-refractivity contribution in [2.45, 2.75) is 26.2 Å². The molecule has 0 bridgehead atoms. The van der Waals surface area contributed by atoms with E-state index in [0.717, 1.165) is 38.0 Å². The fourth-order valence-electron chi connectivity index (χ4n) is 3.35. The van der Waals surface area contributed by atoms with Crippen LogP contribution in [-0.2, 0) is 6.42 Å². The molecule has 2 aromatic rings. The number of non-ortho nitro benzene ring substituents is 1. The number of nitrogens with zero attached hydrogens (tertiary/aromatic N) is 2. The Balaban J connectivity index is 1.75. The van der Waals surface area contributed by atoms with Crippen molar-refractivity contribution in [1.82, 2.24) is 5.32 Å². The Hall–Kier alpha value is -2.89. The number of aryl methyl sites for hydroxylation is 1. The van der Waals surface area contributed by atoms with Gasteiger partial charge in [0.05, 0.1) is 16.2 Å². The van der Waals surface area contributed by atoms with Gasteiger partial charge in [0.15, 0.2) is 0 Å². The number of rotatable bonds is 6. The highest BCUT2D eigenvalue weighted by atomic mass is 16.6. The highest BCUT2D eigenvalue weighted by Gasteiger charge is 2.22. The van der Waals surface area contributed by atoms with Crippen molar-refractivity contribution in [2.24, 2.45) is 0 Å². The van der Waals surface area contributed by atoms with Crippen molar-refractivity contribution in [1.29, 1.82) is 0 Å². The molecule has 0 aromatic heterocycles. The van der Waals surface area contributed by atoms with Crippen LogP contribution in [0.25, 0.3) is 0 Å². The normalized spacial score (nSPS) is 13.7. The fourth-order valence-corrected chi connectivity index (χ4v) is 3.35. The first-order valence-electron chi connectivity index (χ1n) is 8.92. The summed E-state index contributed by atoms with van der Waals surface area (Å²) in [5.41, 5.74) is 3.48. The van der Waals surface area contributed by atoms with Gasteiger partial charge in [0.25, 0.3) is 11.6 Å². The van der Waals surface area contributed by atoms with Gasteiger partial charge in [-0.15, -0.1) is 0 Å². The summed E-state index contributed by atoms with van der Waals surface area (Å²) < 4.78 is 0. The fraction of sp³-hybridized carbons (Fsp3) is 0.350. The minimum atomic E-state index is -0.460. The molecule has 1 aliphatic rings. The van der Waals surface area contributed by atoms with E-state index in [1.807, 2.05) is 31.2 Å². The molecule has 0 aliphatic carbocycles. The average Bonchev–Trinajstić information content (AvgIpc) is 3.17. The van der Waals surface area contributed by atoms with Crippen molar-refractivity contribution < 1.29 is 9.72 Å². The molecule has 1 heterocycles. The number of hydrogen-bond donors (Lipinski definition) is 1. The van der Waals surface area contributed by atoms with Crippen molar-refractivity contribution in [2.75, 3.05) is 24.5 Å². The van der Waals surface area contributed by atoms with E-state index in [1.54, 1.807) is 6.07 Å². The van der Waals surface area contributed by atoms with Crippen molar-refractivity contribution in [3.63, 3.8) is 0 Å². The largest absolute Gasteiger partial charge is 0.371 e. The molecule has 0 unspecified atom stereocenters. The van der Waals surface area contributed by atoms with E-state index in [9.17, 15) is 14.9 Å². The molecule has 1 amide bonds. The third-order valence-corrected chi connectivity index (χ3v) is 4.82. The maximum atomic E-state index is 12.7. The summed E-state index contributed by atoms with van der Waals surface area (Å²) in [4.78, 5) is 25.5. The molecule has 1 fully saturated rings. The zero-order valence-corrected chi connectivity index (χ0v) is 14.9. The van der Waals surface area contributed by atoms with Crippen LogP contribution in [0.5, 0.6) is 0 Å². The molecular formula is C20H23N3O3. The highest BCUT2D eigenvalue weighted by molar-refractivity contribution is 6.00. The molecule has 0 saturated carbocycles. The number of carbonyl (C=O) groups is 1. The lowest BCUT2D eigenvalue weighted by Crippen LogP contribution is -2.29. The maximum absolute atomic E-state index is 12.7. The molecule has 0 radical (unpaired) electrons. The van der Waals surface area contributed by atoms with Crippen LogP contribution >= 0.6 is 0 Å². The van der Waals surface area contributed by atoms with E-state index >= 15 is 0 Å². The second-order valence-electron chi connectivity index (χ2n) is 6.59. The van der Waals surface area contributed by atoms with Gasteiger partial charge in [0.1, 0.15) is 0 Å². The van der Waals surface area contributed by atoms with Crippen LogP contribution in [0.1, 0.15) is 34.3 Å². The average molecular weight is 353 g/mol. The number of carbonyl (C=O) groups excluding carboxylic acids is 1. The molecule has 6 heteroatoms. The summed E-state index contributed by atoms with van der Waals surface area (Å²) in [5, 5.41) is 14.0. The molecule has 1 N–H and O–H groups in total. The molecule has 26 heavy (non-hydrogen) atoms. The van der Waals surface area contributed by atoms with E-state index in [0.29, 0.717) is 12.1 Å². The SMILES string of the molecule is Cc1ccccc1CCNC(=O)c1cc([N+](=O)[O-])ccc1N1CCCC1. The lowest BCUT2D eigenvalue weighted by molar-refractivity contribution is -0.384. The molecule has 3 rings (SSSR count). The number of nitro groups is 1. The van der Waals surface area contributed by atoms with Gasteiger partial charge < -0.3 is 10.2 Å². The second-order valence-corrected chi connectivity index (χ2v) is 6.59. The van der Waals surface area contributed by atoms with Crippen molar-refractivity contribution in [3.05, 3.63) is 69.3 Å². The molecule has 0 spiro atoms. The number of benzene rings is 2. The number of anilines is 1. The first-order valence-corrected chi connectivity index (χ1v) is 8.92. The highest BCUT2D eigenvalue weighted by Crippen LogP contribution is 2.28. The predicted molar refractivity (Wildman–Crippen MR) is 102 cm³/mol. The van der Waals surface area contributed by atoms with Gasteiger partial charge in [-0.2, -0.15) is 0 Å². The number of amides is 1. The lowest BCUT2D eigenvalue weighted by atomic mass is 10.1. The molecule has 1 saturated heterocycles. The van der Waals surface area contributed by atoms with Crippen molar-refractivity contribution >= 4 is 17.3 Å². The summed E-state index contributed by atoms with van der Waals surface area (Å²) in [5.74, 6) is -0.260. The van der Waals surface area contributed by atoms with Gasteiger partial charge in [0.2, 0.25) is 0 Å². The zero-order valence-electron chi connectivity index (χ0n) is 14.9. The van der Waals surface area contributed by atoms with E-state index in [-0.39, 0.29) is 11.6 Å². The number of nitrogens with one attached hydrogen (secondary N) is 1. The summed E-state index contributed by atoms with van der Waals surface area (Å²) in [6.07, 6.45) is 2.88. The van der Waals surface area contributed by atoms with E-state index in [4.69, 9.17) is 0 Å². The zero-order chi connectivity index (χ0) is 18.5. The van der Waals surface area contributed by atoms with Crippen LogP contribution in [0.2, 0.25) is 0 Å². The first kappa shape index (κ1) is 17.9. The molecular weight excluding hydrogens is 330 g/mol. The van der Waals surface area contributed by atoms with Crippen LogP contribution in [0, 0.1) is 17.0 Å². The van der Waals surface area contributed by atoms with Gasteiger partial charge in [-0.25, -0.2) is 0 Å². The lowest BCUT2D eigenvalue weighted by Gasteiger charge is -2.21. The smallest absolute Gasteiger partial charge is 0.270 e. The van der Waals surface area contributed by atoms with E-state index in [2.05, 4.69) is 10.2 Å². The summed E-state index contributed by atoms with van der Waals surface area (Å²) >= 11 is 0. The van der Waals surface area contributed by atoms with Gasteiger partial charge in [0, 0.05) is 31.8 Å². The Bertz CT molecular complexity index is 814. The molecule has 136 valence electrons. The molecule has 0 atom stereocenters. The first-order chi connectivity index (χ1) is 12.6. The standard InChI is InChI=1S/C20H23N3O3/c1-15-6-2-3-7-16(15)10-11-21-20(24)18-14-17(23(25)26)8-9-19(18)22-12-4-5-13-22/h2-3,6-9,14H,4-5,10-13H2,1H3,(H,21,24). The van der Waals surface area contributed by atoms with Crippen LogP contribution in [0.4, 0.5) is 11.4 Å². The Labute approximate surface area is 153 Å². The minimum absolute atomic E-state index is 0.0583. The number of hydrogen-bond acceptors (Lipinski definition) is 4. The van der Waals surface area contributed by atoms with Gasteiger partial charge in [-0.1, -0.05) is 24.3 Å². The molecule has 1 aliphatic heterocycles. The van der Waals surface area contributed by atoms with Crippen molar-refractivity contribution in [3.8, 4) is 0 Å². The molecule has 6 nitrogen and oxygen atoms in total. The van der Waals surface area contributed by atoms with Gasteiger partial charge >= 0.3 is 0 Å². The summed E-state index contributed by atoms with van der Waals surface area (Å²) in [6, 6.07) is 12.6. The Morgan fingerprint density at radius 1 is 1.19 bits per heavy atom. The van der Waals surface area contributed by atoms with Crippen LogP contribution < -0.4 is 10.2 Å². The molecule has 2 aromatic carbocycles. The van der Waals surface area contributed by atoms with Crippen LogP contribution in [-0.4, -0.2) is 30.5 Å². The summed E-state index contributed by atoms with van der Waals surface area (Å²) in [7, 11) is 0. The third kappa shape index (κ3) is 4.02. The third-order valence-electron chi connectivity index (χ3n) is 4.82. The Kier molecular flexibility index (Phi) is 5.51. The quantitative estimate of drug-likeness (QED) is 0.637.